The number of aromatic nitrogens is 1. The molecule has 29 heavy (non-hydrogen) atoms. The number of amides is 2. The molecule has 2 aliphatic heterocycles. The van der Waals surface area contributed by atoms with E-state index < -0.39 is 0 Å². The topological polar surface area (TPSA) is 77.7 Å². The Morgan fingerprint density at radius 2 is 1.86 bits per heavy atom. The zero-order valence-corrected chi connectivity index (χ0v) is 17.4. The minimum Gasteiger partial charge on any atom is -0.491 e. The van der Waals surface area contributed by atoms with Gasteiger partial charge in [-0.25, -0.2) is 0 Å². The Bertz CT molecular complexity index is 1030. The smallest absolute Gasteiger partial charge is 0.256 e. The monoisotopic (exact) mass is 414 g/mol. The standard InChI is InChI=1S/C21H23ClN4O3/c1-12-8-15-17(23-12)9-14-13-10-19(16(22)11-18(13)24-20(14)27)29-7-6-25(2)4-5-26(3)21(15)28/h8-11,23H,4-7H2,1-3H3,(H,24,27)/b14-9-. The molecule has 0 saturated heterocycles. The van der Waals surface area contributed by atoms with Crippen LogP contribution in [0.3, 0.4) is 0 Å². The molecule has 4 rings (SSSR count). The SMILES string of the molecule is Cc1cc2c([nH]1)/C=C1\C(=O)Nc3cc(Cl)c(cc31)OCCN(C)CCN(C)C2=O. The summed E-state index contributed by atoms with van der Waals surface area (Å²) in [4.78, 5) is 32.6. The van der Waals surface area contributed by atoms with Gasteiger partial charge in [-0.1, -0.05) is 11.6 Å². The minimum atomic E-state index is -0.240. The average molecular weight is 415 g/mol. The fraction of sp³-hybridized carbons (Fsp3) is 0.333. The highest BCUT2D eigenvalue weighted by Gasteiger charge is 2.28. The van der Waals surface area contributed by atoms with Gasteiger partial charge in [0, 0.05) is 37.9 Å². The van der Waals surface area contributed by atoms with Gasteiger partial charge < -0.3 is 24.8 Å². The molecule has 3 heterocycles. The van der Waals surface area contributed by atoms with Crippen molar-refractivity contribution in [1.29, 1.82) is 0 Å². The molecule has 0 atom stereocenters. The van der Waals surface area contributed by atoms with Crippen molar-refractivity contribution in [2.75, 3.05) is 45.7 Å². The fourth-order valence-corrected chi connectivity index (χ4v) is 3.76. The molecule has 2 amide bonds. The molecule has 2 aromatic rings. The lowest BCUT2D eigenvalue weighted by Gasteiger charge is -2.22. The van der Waals surface area contributed by atoms with E-state index in [1.54, 1.807) is 30.2 Å². The first-order chi connectivity index (χ1) is 13.8. The van der Waals surface area contributed by atoms with Gasteiger partial charge in [-0.15, -0.1) is 0 Å². The summed E-state index contributed by atoms with van der Waals surface area (Å²) in [5.41, 5.74) is 3.81. The largest absolute Gasteiger partial charge is 0.491 e. The first-order valence-corrected chi connectivity index (χ1v) is 9.84. The number of anilines is 1. The van der Waals surface area contributed by atoms with Gasteiger partial charge in [0.15, 0.2) is 0 Å². The number of ether oxygens (including phenoxy) is 1. The van der Waals surface area contributed by atoms with Crippen molar-refractivity contribution in [1.82, 2.24) is 14.8 Å². The van der Waals surface area contributed by atoms with E-state index in [4.69, 9.17) is 16.3 Å². The third kappa shape index (κ3) is 3.75. The van der Waals surface area contributed by atoms with Crippen molar-refractivity contribution in [2.24, 2.45) is 0 Å². The lowest BCUT2D eigenvalue weighted by molar-refractivity contribution is -0.110. The van der Waals surface area contributed by atoms with Crippen LogP contribution in [0.1, 0.15) is 27.3 Å². The second-order valence-corrected chi connectivity index (χ2v) is 7.91. The molecule has 7 nitrogen and oxygen atoms in total. The second kappa shape index (κ2) is 7.57. The Balaban J connectivity index is 1.85. The number of nitrogens with one attached hydrogen (secondary N) is 2. The predicted molar refractivity (Wildman–Crippen MR) is 113 cm³/mol. The molecular formula is C21H23ClN4O3. The summed E-state index contributed by atoms with van der Waals surface area (Å²) in [5.74, 6) is 0.208. The Morgan fingerprint density at radius 3 is 2.66 bits per heavy atom. The van der Waals surface area contributed by atoms with Crippen LogP contribution in [0.25, 0.3) is 11.6 Å². The molecule has 0 fully saturated rings. The Hall–Kier alpha value is -2.77. The minimum absolute atomic E-state index is 0.0869. The Morgan fingerprint density at radius 1 is 1.07 bits per heavy atom. The van der Waals surface area contributed by atoms with Crippen molar-refractivity contribution in [3.8, 4) is 5.75 Å². The Labute approximate surface area is 174 Å². The highest BCUT2D eigenvalue weighted by atomic mass is 35.5. The molecule has 0 saturated carbocycles. The van der Waals surface area contributed by atoms with Crippen LogP contribution in [0.2, 0.25) is 5.02 Å². The summed E-state index contributed by atoms with van der Waals surface area (Å²) in [6.07, 6.45) is 1.72. The number of likely N-dealkylation sites (N-methyl/N-ethyl adjacent to an activating group) is 2. The van der Waals surface area contributed by atoms with E-state index in [0.717, 1.165) is 5.69 Å². The van der Waals surface area contributed by atoms with Crippen molar-refractivity contribution in [3.05, 3.63) is 45.7 Å². The molecule has 0 aliphatic carbocycles. The van der Waals surface area contributed by atoms with Gasteiger partial charge in [-0.05, 0) is 38.2 Å². The summed E-state index contributed by atoms with van der Waals surface area (Å²) >= 11 is 6.35. The molecule has 0 radical (unpaired) electrons. The van der Waals surface area contributed by atoms with Crippen molar-refractivity contribution >= 4 is 40.8 Å². The molecule has 8 heteroatoms. The number of rotatable bonds is 0. The zero-order chi connectivity index (χ0) is 20.7. The van der Waals surface area contributed by atoms with Gasteiger partial charge in [0.1, 0.15) is 12.4 Å². The zero-order valence-electron chi connectivity index (χ0n) is 16.6. The molecule has 2 bridgehead atoms. The highest BCUT2D eigenvalue weighted by molar-refractivity contribution is 6.37. The number of hydrogen-bond donors (Lipinski definition) is 2. The van der Waals surface area contributed by atoms with E-state index >= 15 is 0 Å². The van der Waals surface area contributed by atoms with E-state index in [-0.39, 0.29) is 11.8 Å². The van der Waals surface area contributed by atoms with Crippen molar-refractivity contribution < 1.29 is 14.3 Å². The highest BCUT2D eigenvalue weighted by Crippen LogP contribution is 2.40. The van der Waals surface area contributed by atoms with Crippen LogP contribution in [-0.2, 0) is 4.79 Å². The molecule has 2 N–H and O–H groups in total. The lowest BCUT2D eigenvalue weighted by Crippen LogP contribution is -2.36. The third-order valence-electron chi connectivity index (χ3n) is 5.25. The van der Waals surface area contributed by atoms with Crippen LogP contribution in [0, 0.1) is 6.92 Å². The van der Waals surface area contributed by atoms with Crippen LogP contribution < -0.4 is 10.1 Å². The number of nitrogens with zero attached hydrogens (tertiary/aromatic N) is 2. The van der Waals surface area contributed by atoms with Crippen LogP contribution >= 0.6 is 11.6 Å². The molecule has 152 valence electrons. The lowest BCUT2D eigenvalue weighted by atomic mass is 10.0. The van der Waals surface area contributed by atoms with Gasteiger partial charge in [0.05, 0.1) is 27.5 Å². The van der Waals surface area contributed by atoms with Gasteiger partial charge in [-0.3, -0.25) is 9.59 Å². The van der Waals surface area contributed by atoms with Crippen LogP contribution in [0.4, 0.5) is 5.69 Å². The normalized spacial score (nSPS) is 19.6. The molecular weight excluding hydrogens is 392 g/mol. The molecule has 2 aliphatic rings. The average Bonchev–Trinajstić information content (AvgIpc) is 3.18. The molecule has 0 spiro atoms. The van der Waals surface area contributed by atoms with Gasteiger partial charge in [0.2, 0.25) is 0 Å². The number of aryl methyl sites for hydroxylation is 1. The fourth-order valence-electron chi connectivity index (χ4n) is 3.54. The number of aromatic amines is 1. The van der Waals surface area contributed by atoms with Gasteiger partial charge in [-0.2, -0.15) is 0 Å². The number of fused-ring (bicyclic) bond motifs is 2. The number of hydrogen-bond acceptors (Lipinski definition) is 4. The van der Waals surface area contributed by atoms with E-state index in [9.17, 15) is 9.59 Å². The van der Waals surface area contributed by atoms with Crippen LogP contribution in [0.5, 0.6) is 5.75 Å². The number of halogens is 1. The quantitative estimate of drug-likeness (QED) is 0.695. The second-order valence-electron chi connectivity index (χ2n) is 7.50. The van der Waals surface area contributed by atoms with E-state index in [1.807, 2.05) is 20.0 Å². The van der Waals surface area contributed by atoms with Crippen molar-refractivity contribution in [2.45, 2.75) is 6.92 Å². The van der Waals surface area contributed by atoms with E-state index in [1.165, 1.54) is 0 Å². The number of carbonyl (C=O) groups is 2. The molecule has 1 aromatic carbocycles. The number of carbonyl (C=O) groups excluding carboxylic acids is 2. The van der Waals surface area contributed by atoms with Crippen LogP contribution in [-0.4, -0.2) is 66.9 Å². The summed E-state index contributed by atoms with van der Waals surface area (Å²) in [7, 11) is 3.77. The summed E-state index contributed by atoms with van der Waals surface area (Å²) in [5, 5.41) is 3.28. The molecule has 0 unspecified atom stereocenters. The maximum absolute atomic E-state index is 13.0. The van der Waals surface area contributed by atoms with Gasteiger partial charge >= 0.3 is 0 Å². The maximum Gasteiger partial charge on any atom is 0.256 e. The first kappa shape index (κ1) is 19.5. The third-order valence-corrected chi connectivity index (χ3v) is 5.55. The first-order valence-electron chi connectivity index (χ1n) is 9.47. The van der Waals surface area contributed by atoms with E-state index in [0.29, 0.717) is 65.1 Å². The summed E-state index contributed by atoms with van der Waals surface area (Å²) in [6, 6.07) is 5.30. The van der Waals surface area contributed by atoms with Crippen molar-refractivity contribution in [3.63, 3.8) is 0 Å². The van der Waals surface area contributed by atoms with Gasteiger partial charge in [0.25, 0.3) is 11.8 Å². The Kier molecular flexibility index (Phi) is 5.10. The summed E-state index contributed by atoms with van der Waals surface area (Å²) in [6.45, 7) is 4.31. The molecule has 1 aromatic heterocycles. The maximum atomic E-state index is 13.0. The summed E-state index contributed by atoms with van der Waals surface area (Å²) < 4.78 is 5.88. The number of H-pyrrole nitrogens is 1. The number of benzene rings is 1. The predicted octanol–water partition coefficient (Wildman–Crippen LogP) is 2.87. The van der Waals surface area contributed by atoms with E-state index in [2.05, 4.69) is 15.2 Å². The van der Waals surface area contributed by atoms with Crippen LogP contribution in [0.15, 0.2) is 18.2 Å².